The second-order valence-corrected chi connectivity index (χ2v) is 6.70. The van der Waals surface area contributed by atoms with Crippen LogP contribution >= 0.6 is 27.5 Å². The molecule has 0 atom stereocenters. The third-order valence-electron chi connectivity index (χ3n) is 3.84. The number of anilines is 1. The molecule has 1 heterocycles. The number of carbonyl (C=O) groups excluding carboxylic acids is 1. The molecule has 0 bridgehead atoms. The Bertz CT molecular complexity index is 571. The van der Waals surface area contributed by atoms with Gasteiger partial charge in [0, 0.05) is 22.6 Å². The van der Waals surface area contributed by atoms with E-state index in [0.29, 0.717) is 41.1 Å². The van der Waals surface area contributed by atoms with Gasteiger partial charge < -0.3 is 15.3 Å². The average molecular weight is 376 g/mol. The van der Waals surface area contributed by atoms with Gasteiger partial charge in [0.2, 0.25) is 0 Å². The summed E-state index contributed by atoms with van der Waals surface area (Å²) in [5.74, 6) is -0.803. The number of rotatable bonds is 2. The maximum Gasteiger partial charge on any atom is 0.321 e. The van der Waals surface area contributed by atoms with Crippen LogP contribution in [0.25, 0.3) is 0 Å². The zero-order valence-corrected chi connectivity index (χ0v) is 13.9. The van der Waals surface area contributed by atoms with Gasteiger partial charge in [-0.2, -0.15) is 0 Å². The smallest absolute Gasteiger partial charge is 0.321 e. The van der Waals surface area contributed by atoms with Crippen molar-refractivity contribution >= 4 is 45.2 Å². The lowest BCUT2D eigenvalue weighted by Gasteiger charge is -2.36. The molecule has 0 aromatic heterocycles. The molecule has 1 aliphatic rings. The molecule has 1 aromatic rings. The van der Waals surface area contributed by atoms with E-state index in [1.807, 2.05) is 0 Å². The third kappa shape index (κ3) is 3.68. The van der Waals surface area contributed by atoms with Crippen LogP contribution in [-0.4, -0.2) is 35.1 Å². The van der Waals surface area contributed by atoms with Crippen LogP contribution in [0.5, 0.6) is 0 Å². The second kappa shape index (κ2) is 6.23. The highest BCUT2D eigenvalue weighted by atomic mass is 79.9. The molecule has 0 spiro atoms. The SMILES string of the molecule is CC1(C(=O)O)CCN(C(=O)Nc2ccc(Cl)cc2Br)CC1. The van der Waals surface area contributed by atoms with E-state index in [0.717, 1.165) is 0 Å². The molecule has 7 heteroatoms. The Morgan fingerprint density at radius 2 is 2.00 bits per heavy atom. The van der Waals surface area contributed by atoms with Crippen molar-refractivity contribution in [1.29, 1.82) is 0 Å². The van der Waals surface area contributed by atoms with Crippen molar-refractivity contribution < 1.29 is 14.7 Å². The molecule has 1 saturated heterocycles. The highest BCUT2D eigenvalue weighted by Gasteiger charge is 2.38. The van der Waals surface area contributed by atoms with Crippen molar-refractivity contribution in [3.8, 4) is 0 Å². The number of aliphatic carboxylic acids is 1. The van der Waals surface area contributed by atoms with Crippen LogP contribution in [0.1, 0.15) is 19.8 Å². The normalized spacial score (nSPS) is 17.4. The number of amides is 2. The van der Waals surface area contributed by atoms with Crippen molar-refractivity contribution in [3.63, 3.8) is 0 Å². The summed E-state index contributed by atoms with van der Waals surface area (Å²) in [7, 11) is 0. The maximum atomic E-state index is 12.2. The van der Waals surface area contributed by atoms with Crippen LogP contribution in [0.2, 0.25) is 5.02 Å². The third-order valence-corrected chi connectivity index (χ3v) is 4.73. The van der Waals surface area contributed by atoms with Gasteiger partial charge in [0.15, 0.2) is 0 Å². The number of urea groups is 1. The number of carboxylic acids is 1. The highest BCUT2D eigenvalue weighted by molar-refractivity contribution is 9.10. The highest BCUT2D eigenvalue weighted by Crippen LogP contribution is 2.32. The number of carbonyl (C=O) groups is 2. The fourth-order valence-corrected chi connectivity index (χ4v) is 2.98. The number of halogens is 2. The predicted molar refractivity (Wildman–Crippen MR) is 84.7 cm³/mol. The summed E-state index contributed by atoms with van der Waals surface area (Å²) in [6, 6.07) is 4.88. The maximum absolute atomic E-state index is 12.2. The fraction of sp³-hybridized carbons (Fsp3) is 0.429. The quantitative estimate of drug-likeness (QED) is 0.825. The zero-order valence-electron chi connectivity index (χ0n) is 11.5. The van der Waals surface area contributed by atoms with Crippen molar-refractivity contribution in [2.45, 2.75) is 19.8 Å². The van der Waals surface area contributed by atoms with E-state index in [1.165, 1.54) is 0 Å². The van der Waals surface area contributed by atoms with Crippen LogP contribution in [0.4, 0.5) is 10.5 Å². The molecule has 21 heavy (non-hydrogen) atoms. The molecule has 0 aliphatic carbocycles. The molecule has 0 saturated carbocycles. The number of hydrogen-bond acceptors (Lipinski definition) is 2. The number of nitrogens with one attached hydrogen (secondary N) is 1. The van der Waals surface area contributed by atoms with E-state index in [9.17, 15) is 14.7 Å². The van der Waals surface area contributed by atoms with Crippen LogP contribution in [-0.2, 0) is 4.79 Å². The van der Waals surface area contributed by atoms with Crippen LogP contribution in [0.15, 0.2) is 22.7 Å². The standard InChI is InChI=1S/C14H16BrClN2O3/c1-14(12(19)20)4-6-18(7-5-14)13(21)17-11-3-2-9(16)8-10(11)15/h2-3,8H,4-7H2,1H3,(H,17,21)(H,19,20). The predicted octanol–water partition coefficient (Wildman–Crippen LogP) is 3.82. The largest absolute Gasteiger partial charge is 0.481 e. The minimum atomic E-state index is -0.803. The van der Waals surface area contributed by atoms with Gasteiger partial charge >= 0.3 is 12.0 Å². The lowest BCUT2D eigenvalue weighted by molar-refractivity contribution is -0.150. The summed E-state index contributed by atoms with van der Waals surface area (Å²) in [6.07, 6.45) is 0.912. The summed E-state index contributed by atoms with van der Waals surface area (Å²) >= 11 is 9.20. The Morgan fingerprint density at radius 1 is 1.38 bits per heavy atom. The van der Waals surface area contributed by atoms with Crippen LogP contribution < -0.4 is 5.32 Å². The van der Waals surface area contributed by atoms with Gasteiger partial charge in [0.05, 0.1) is 11.1 Å². The first-order valence-corrected chi connectivity index (χ1v) is 7.73. The Balaban J connectivity index is 1.98. The monoisotopic (exact) mass is 374 g/mol. The van der Waals surface area contributed by atoms with Crippen molar-refractivity contribution in [2.24, 2.45) is 5.41 Å². The first kappa shape index (κ1) is 16.1. The molecule has 5 nitrogen and oxygen atoms in total. The van der Waals surface area contributed by atoms with Crippen LogP contribution in [0, 0.1) is 5.41 Å². The summed E-state index contributed by atoms with van der Waals surface area (Å²) in [6.45, 7) is 2.58. The molecule has 2 amide bonds. The van der Waals surface area contributed by atoms with Gasteiger partial charge in [-0.15, -0.1) is 0 Å². The van der Waals surface area contributed by atoms with E-state index in [1.54, 1.807) is 30.0 Å². The number of likely N-dealkylation sites (tertiary alicyclic amines) is 1. The van der Waals surface area contributed by atoms with Crippen molar-refractivity contribution in [2.75, 3.05) is 18.4 Å². The van der Waals surface area contributed by atoms with Gasteiger partial charge in [0.1, 0.15) is 0 Å². The molecule has 2 N–H and O–H groups in total. The van der Waals surface area contributed by atoms with Crippen molar-refractivity contribution in [3.05, 3.63) is 27.7 Å². The number of carboxylic acid groups (broad SMARTS) is 1. The number of benzene rings is 1. The summed E-state index contributed by atoms with van der Waals surface area (Å²) in [5, 5.41) is 12.6. The summed E-state index contributed by atoms with van der Waals surface area (Å²) in [5.41, 5.74) is -0.103. The molecule has 2 rings (SSSR count). The second-order valence-electron chi connectivity index (χ2n) is 5.41. The Morgan fingerprint density at radius 3 is 2.52 bits per heavy atom. The molecule has 114 valence electrons. The lowest BCUT2D eigenvalue weighted by Crippen LogP contribution is -2.46. The van der Waals surface area contributed by atoms with E-state index >= 15 is 0 Å². The molecule has 1 fully saturated rings. The number of hydrogen-bond donors (Lipinski definition) is 2. The summed E-state index contributed by atoms with van der Waals surface area (Å²) in [4.78, 5) is 25.0. The number of nitrogens with zero attached hydrogens (tertiary/aromatic N) is 1. The number of piperidine rings is 1. The van der Waals surface area contributed by atoms with Crippen LogP contribution in [0.3, 0.4) is 0 Å². The van der Waals surface area contributed by atoms with E-state index in [-0.39, 0.29) is 6.03 Å². The Kier molecular flexibility index (Phi) is 4.78. The van der Waals surface area contributed by atoms with Gasteiger partial charge in [0.25, 0.3) is 0 Å². The fourth-order valence-electron chi connectivity index (χ4n) is 2.20. The molecule has 1 aliphatic heterocycles. The molecule has 1 aromatic carbocycles. The Labute approximate surface area is 136 Å². The van der Waals surface area contributed by atoms with E-state index in [4.69, 9.17) is 11.6 Å². The van der Waals surface area contributed by atoms with Gasteiger partial charge in [-0.05, 0) is 53.9 Å². The molecule has 0 unspecified atom stereocenters. The minimum Gasteiger partial charge on any atom is -0.481 e. The van der Waals surface area contributed by atoms with E-state index < -0.39 is 11.4 Å². The molecular formula is C14H16BrClN2O3. The summed E-state index contributed by atoms with van der Waals surface area (Å²) < 4.78 is 0.704. The molecule has 0 radical (unpaired) electrons. The minimum absolute atomic E-state index is 0.231. The van der Waals surface area contributed by atoms with Gasteiger partial charge in [-0.1, -0.05) is 11.6 Å². The first-order valence-electron chi connectivity index (χ1n) is 6.56. The first-order chi connectivity index (χ1) is 9.82. The van der Waals surface area contributed by atoms with Gasteiger partial charge in [-0.25, -0.2) is 4.79 Å². The lowest BCUT2D eigenvalue weighted by atomic mass is 9.80. The topological polar surface area (TPSA) is 69.6 Å². The Hall–Kier alpha value is -1.27. The van der Waals surface area contributed by atoms with Crippen molar-refractivity contribution in [1.82, 2.24) is 4.90 Å². The molecular weight excluding hydrogens is 360 g/mol. The average Bonchev–Trinajstić information content (AvgIpc) is 2.42. The zero-order chi connectivity index (χ0) is 15.6. The van der Waals surface area contributed by atoms with E-state index in [2.05, 4.69) is 21.2 Å². The van der Waals surface area contributed by atoms with Gasteiger partial charge in [-0.3, -0.25) is 4.79 Å².